The fourth-order valence-electron chi connectivity index (χ4n) is 6.22. The standard InChI is InChI=1S/C31H38N6O6/c1-41-20-22-18-37(34-33-22)25-11-10-23-12-15-42-28-9-5-3-7-24(28)31(40)36-14-13-35(17-21-6-2-4-8-27(21)38)19-26(36)30(39)32-16-29(25)43-23/h2-9,18,23,25-26,29,38H,10-17,19-20H2,1H3,(H,32,39)/t23-,25+,26-,29+/m0/s1. The molecule has 3 aromatic rings. The van der Waals surface area contributed by atoms with E-state index in [9.17, 15) is 14.7 Å². The second-order valence-electron chi connectivity index (χ2n) is 11.3. The molecule has 2 aromatic carbocycles. The molecule has 43 heavy (non-hydrogen) atoms. The quantitative estimate of drug-likeness (QED) is 0.459. The number of nitrogens with zero attached hydrogens (tertiary/aromatic N) is 5. The van der Waals surface area contributed by atoms with Gasteiger partial charge in [-0.3, -0.25) is 14.5 Å². The molecule has 2 amide bonds. The van der Waals surface area contributed by atoms with Crippen molar-refractivity contribution in [3.05, 3.63) is 71.5 Å². The van der Waals surface area contributed by atoms with Gasteiger partial charge >= 0.3 is 0 Å². The van der Waals surface area contributed by atoms with E-state index in [-0.39, 0.29) is 42.4 Å². The van der Waals surface area contributed by atoms with E-state index in [1.807, 2.05) is 35.1 Å². The Bertz CT molecular complexity index is 1430. The summed E-state index contributed by atoms with van der Waals surface area (Å²) < 4.78 is 19.7. The number of carbonyl (C=O) groups excluding carboxylic acids is 2. The highest BCUT2D eigenvalue weighted by Gasteiger charge is 2.39. The van der Waals surface area contributed by atoms with Crippen LogP contribution in [0.4, 0.5) is 0 Å². The zero-order valence-electron chi connectivity index (χ0n) is 24.3. The molecule has 6 rings (SSSR count). The maximum atomic E-state index is 13.9. The number of carbonyl (C=O) groups is 2. The number of amides is 2. The summed E-state index contributed by atoms with van der Waals surface area (Å²) >= 11 is 0. The number of phenolic OH excluding ortho intramolecular Hbond substituents is 1. The van der Waals surface area contributed by atoms with Crippen molar-refractivity contribution in [1.29, 1.82) is 0 Å². The average Bonchev–Trinajstić information content (AvgIpc) is 3.49. The number of benzene rings is 2. The first-order chi connectivity index (χ1) is 21.0. The highest BCUT2D eigenvalue weighted by atomic mass is 16.5. The molecule has 0 radical (unpaired) electrons. The number of aromatic nitrogens is 3. The summed E-state index contributed by atoms with van der Waals surface area (Å²) in [6.45, 7) is 2.70. The Labute approximate surface area is 250 Å². The van der Waals surface area contributed by atoms with E-state index in [1.165, 1.54) is 0 Å². The van der Waals surface area contributed by atoms with E-state index in [4.69, 9.17) is 14.2 Å². The van der Waals surface area contributed by atoms with E-state index in [0.29, 0.717) is 57.1 Å². The molecule has 0 saturated carbocycles. The van der Waals surface area contributed by atoms with E-state index < -0.39 is 6.04 Å². The Kier molecular flexibility index (Phi) is 8.87. The molecule has 2 saturated heterocycles. The molecule has 4 atom stereocenters. The molecular weight excluding hydrogens is 552 g/mol. The van der Waals surface area contributed by atoms with Crippen LogP contribution in [0.3, 0.4) is 0 Å². The first kappa shape index (κ1) is 29.1. The van der Waals surface area contributed by atoms with Crippen molar-refractivity contribution in [2.75, 3.05) is 39.9 Å². The molecule has 2 bridgehead atoms. The minimum atomic E-state index is -0.749. The topological polar surface area (TPSA) is 131 Å². The van der Waals surface area contributed by atoms with Gasteiger partial charge in [0, 0.05) is 51.8 Å². The number of fused-ring (bicyclic) bond motifs is 4. The van der Waals surface area contributed by atoms with Gasteiger partial charge in [0.2, 0.25) is 5.91 Å². The zero-order valence-corrected chi connectivity index (χ0v) is 24.3. The normalized spacial score (nSPS) is 25.2. The minimum Gasteiger partial charge on any atom is -0.508 e. The lowest BCUT2D eigenvalue weighted by atomic mass is 9.96. The maximum Gasteiger partial charge on any atom is 0.258 e. The first-order valence-corrected chi connectivity index (χ1v) is 14.8. The van der Waals surface area contributed by atoms with Crippen molar-refractivity contribution in [3.8, 4) is 11.5 Å². The molecule has 0 aliphatic carbocycles. The molecule has 1 aromatic heterocycles. The summed E-state index contributed by atoms with van der Waals surface area (Å²) in [5.41, 5.74) is 1.93. The van der Waals surface area contributed by atoms with Crippen molar-refractivity contribution >= 4 is 11.8 Å². The Morgan fingerprint density at radius 1 is 1.07 bits per heavy atom. The van der Waals surface area contributed by atoms with Crippen molar-refractivity contribution in [2.45, 2.75) is 56.7 Å². The molecule has 228 valence electrons. The highest BCUT2D eigenvalue weighted by Crippen LogP contribution is 2.31. The van der Waals surface area contributed by atoms with E-state index in [1.54, 1.807) is 36.3 Å². The van der Waals surface area contributed by atoms with Crippen LogP contribution >= 0.6 is 0 Å². The third-order valence-corrected chi connectivity index (χ3v) is 8.48. The smallest absolute Gasteiger partial charge is 0.258 e. The Morgan fingerprint density at radius 3 is 2.77 bits per heavy atom. The van der Waals surface area contributed by atoms with E-state index in [0.717, 1.165) is 24.1 Å². The Morgan fingerprint density at radius 2 is 1.91 bits per heavy atom. The number of piperazine rings is 1. The predicted molar refractivity (Wildman–Crippen MR) is 155 cm³/mol. The molecule has 2 N–H and O–H groups in total. The lowest BCUT2D eigenvalue weighted by molar-refractivity contribution is -0.130. The van der Waals surface area contributed by atoms with Crippen molar-refractivity contribution in [3.63, 3.8) is 0 Å². The monoisotopic (exact) mass is 590 g/mol. The lowest BCUT2D eigenvalue weighted by Crippen LogP contribution is -2.61. The van der Waals surface area contributed by atoms with Gasteiger partial charge in [-0.1, -0.05) is 35.5 Å². The number of hydrogen-bond acceptors (Lipinski definition) is 9. The van der Waals surface area contributed by atoms with Crippen LogP contribution in [0, 0.1) is 0 Å². The van der Waals surface area contributed by atoms with Gasteiger partial charge in [0.25, 0.3) is 5.91 Å². The fraction of sp³-hybridized carbons (Fsp3) is 0.484. The van der Waals surface area contributed by atoms with Crippen LogP contribution < -0.4 is 10.1 Å². The van der Waals surface area contributed by atoms with Gasteiger partial charge in [-0.25, -0.2) is 4.68 Å². The summed E-state index contributed by atoms with van der Waals surface area (Å²) in [7, 11) is 1.62. The average molecular weight is 591 g/mol. The third kappa shape index (κ3) is 6.51. The second kappa shape index (κ2) is 13.1. The van der Waals surface area contributed by atoms with Crippen LogP contribution in [-0.4, -0.2) is 99.9 Å². The van der Waals surface area contributed by atoms with Gasteiger partial charge in [-0.05, 0) is 31.0 Å². The number of aromatic hydroxyl groups is 1. The lowest BCUT2D eigenvalue weighted by Gasteiger charge is -2.41. The highest BCUT2D eigenvalue weighted by molar-refractivity contribution is 6.00. The summed E-state index contributed by atoms with van der Waals surface area (Å²) in [5.74, 6) is 0.213. The van der Waals surface area contributed by atoms with Gasteiger partial charge in [0.15, 0.2) is 0 Å². The van der Waals surface area contributed by atoms with Gasteiger partial charge < -0.3 is 29.5 Å². The molecule has 0 spiro atoms. The molecule has 12 nitrogen and oxygen atoms in total. The fourth-order valence-corrected chi connectivity index (χ4v) is 6.22. The van der Waals surface area contributed by atoms with Gasteiger partial charge in [-0.15, -0.1) is 5.10 Å². The number of para-hydroxylation sites is 2. The Balaban J connectivity index is 1.27. The van der Waals surface area contributed by atoms with Gasteiger partial charge in [0.05, 0.1) is 43.2 Å². The van der Waals surface area contributed by atoms with Gasteiger partial charge in [0.1, 0.15) is 23.2 Å². The summed E-state index contributed by atoms with van der Waals surface area (Å²) in [6.07, 6.45) is 3.71. The second-order valence-corrected chi connectivity index (χ2v) is 11.3. The van der Waals surface area contributed by atoms with Gasteiger partial charge in [-0.2, -0.15) is 0 Å². The number of ether oxygens (including phenoxy) is 3. The molecule has 0 unspecified atom stereocenters. The number of nitrogens with one attached hydrogen (secondary N) is 1. The maximum absolute atomic E-state index is 13.9. The largest absolute Gasteiger partial charge is 0.508 e. The molecule has 3 aliphatic rings. The summed E-state index contributed by atoms with van der Waals surface area (Å²) in [6, 6.07) is 13.5. The van der Waals surface area contributed by atoms with Crippen LogP contribution in [0.5, 0.6) is 11.5 Å². The van der Waals surface area contributed by atoms with E-state index in [2.05, 4.69) is 20.5 Å². The first-order valence-electron chi connectivity index (χ1n) is 14.8. The number of phenols is 1. The van der Waals surface area contributed by atoms with Crippen LogP contribution in [0.15, 0.2) is 54.7 Å². The molecule has 2 fully saturated rings. The molecule has 3 aliphatic heterocycles. The minimum absolute atomic E-state index is 0.0638. The third-order valence-electron chi connectivity index (χ3n) is 8.48. The Hall–Kier alpha value is -4.00. The molecule has 12 heteroatoms. The van der Waals surface area contributed by atoms with Crippen LogP contribution in [-0.2, 0) is 27.4 Å². The predicted octanol–water partition coefficient (Wildman–Crippen LogP) is 2.14. The van der Waals surface area contributed by atoms with Crippen molar-refractivity contribution in [2.24, 2.45) is 0 Å². The van der Waals surface area contributed by atoms with E-state index >= 15 is 0 Å². The summed E-state index contributed by atoms with van der Waals surface area (Å²) in [4.78, 5) is 31.6. The van der Waals surface area contributed by atoms with Crippen LogP contribution in [0.1, 0.15) is 46.9 Å². The van der Waals surface area contributed by atoms with Crippen LogP contribution in [0.25, 0.3) is 0 Å². The zero-order chi connectivity index (χ0) is 29.8. The van der Waals surface area contributed by atoms with Crippen molar-refractivity contribution in [1.82, 2.24) is 30.1 Å². The molecular formula is C31H38N6O6. The van der Waals surface area contributed by atoms with Crippen LogP contribution in [0.2, 0.25) is 0 Å². The SMILES string of the molecule is COCc1cn([C@@H]2CC[C@H]3CCOc4ccccc4C(=O)N4CCN(Cc5ccccc5O)C[C@H]4C(=O)NC[C@H]2O3)nn1. The number of rotatable bonds is 5. The number of methoxy groups -OCH3 is 1. The number of hydrogen-bond donors (Lipinski definition) is 2. The van der Waals surface area contributed by atoms with Crippen molar-refractivity contribution < 1.29 is 28.9 Å². The molecule has 4 heterocycles. The summed E-state index contributed by atoms with van der Waals surface area (Å²) in [5, 5.41) is 22.0.